The smallest absolute Gasteiger partial charge is 0.186 e. The Morgan fingerprint density at radius 3 is 2.26 bits per heavy atom. The number of aliphatic hydroxyl groups excluding tert-OH is 4. The van der Waals surface area contributed by atoms with Crippen LogP contribution in [0.25, 0.3) is 0 Å². The van der Waals surface area contributed by atoms with Crippen LogP contribution in [-0.2, 0) is 18.9 Å². The molecule has 19 heavy (non-hydrogen) atoms. The van der Waals surface area contributed by atoms with Crippen LogP contribution < -0.4 is 0 Å². The Bertz CT molecular complexity index is 237. The molecule has 0 unspecified atom stereocenters. The summed E-state index contributed by atoms with van der Waals surface area (Å²) in [6.45, 7) is 0.842. The third-order valence-corrected chi connectivity index (χ3v) is 2.79. The summed E-state index contributed by atoms with van der Waals surface area (Å²) in [7, 11) is 1.56. The Hall–Kier alpha value is -0.320. The lowest BCUT2D eigenvalue weighted by atomic mass is 9.99. The third kappa shape index (κ3) is 4.93. The molecule has 0 aromatic rings. The van der Waals surface area contributed by atoms with Gasteiger partial charge in [-0.2, -0.15) is 0 Å². The maximum atomic E-state index is 9.66. The normalized spacial score (nSPS) is 35.5. The van der Waals surface area contributed by atoms with E-state index in [2.05, 4.69) is 0 Å². The molecule has 1 heterocycles. The van der Waals surface area contributed by atoms with Crippen molar-refractivity contribution in [3.63, 3.8) is 0 Å². The van der Waals surface area contributed by atoms with Crippen LogP contribution in [0.4, 0.5) is 0 Å². The maximum Gasteiger partial charge on any atom is 0.186 e. The van der Waals surface area contributed by atoms with Gasteiger partial charge in [0.25, 0.3) is 0 Å². The highest BCUT2D eigenvalue weighted by Gasteiger charge is 2.43. The van der Waals surface area contributed by atoms with E-state index in [1.54, 1.807) is 7.11 Å². The molecule has 1 saturated heterocycles. The van der Waals surface area contributed by atoms with E-state index in [9.17, 15) is 15.3 Å². The van der Waals surface area contributed by atoms with Gasteiger partial charge in [-0.05, 0) is 0 Å². The fraction of sp³-hybridized carbons (Fsp3) is 1.00. The SMILES string of the molecule is COCCOCCO[C@H]1O[C@H](CO)[C@@H](O)[C@H](O)[C@@H]1O. The van der Waals surface area contributed by atoms with Gasteiger partial charge in [-0.15, -0.1) is 0 Å². The predicted octanol–water partition coefficient (Wildman–Crippen LogP) is -2.53. The van der Waals surface area contributed by atoms with Crippen molar-refractivity contribution in [1.29, 1.82) is 0 Å². The minimum atomic E-state index is -1.43. The molecule has 1 aliphatic rings. The van der Waals surface area contributed by atoms with Crippen molar-refractivity contribution in [1.82, 2.24) is 0 Å². The van der Waals surface area contributed by atoms with Crippen molar-refractivity contribution in [2.45, 2.75) is 30.7 Å². The standard InChI is InChI=1S/C11H22O8/c1-16-2-3-17-4-5-18-11-10(15)9(14)8(13)7(6-12)19-11/h7-15H,2-6H2,1H3/t7-,8-,9+,10+,11+/m1/s1. The molecule has 8 nitrogen and oxygen atoms in total. The van der Waals surface area contributed by atoms with E-state index in [-0.39, 0.29) is 13.2 Å². The number of methoxy groups -OCH3 is 1. The van der Waals surface area contributed by atoms with Gasteiger partial charge < -0.3 is 39.4 Å². The van der Waals surface area contributed by atoms with E-state index in [4.69, 9.17) is 24.1 Å². The van der Waals surface area contributed by atoms with Crippen LogP contribution in [-0.4, -0.2) is 91.3 Å². The first kappa shape index (κ1) is 16.7. The van der Waals surface area contributed by atoms with Crippen molar-refractivity contribution in [2.24, 2.45) is 0 Å². The second kappa shape index (κ2) is 8.77. The average molecular weight is 282 g/mol. The number of hydrogen-bond acceptors (Lipinski definition) is 8. The molecule has 114 valence electrons. The van der Waals surface area contributed by atoms with Crippen molar-refractivity contribution < 1.29 is 39.4 Å². The van der Waals surface area contributed by atoms with Gasteiger partial charge in [0, 0.05) is 7.11 Å². The average Bonchev–Trinajstić information content (AvgIpc) is 2.42. The zero-order chi connectivity index (χ0) is 14.3. The molecule has 0 aromatic heterocycles. The van der Waals surface area contributed by atoms with E-state index in [0.29, 0.717) is 13.2 Å². The van der Waals surface area contributed by atoms with Gasteiger partial charge >= 0.3 is 0 Å². The molecule has 0 aromatic carbocycles. The Labute approximate surface area is 111 Å². The zero-order valence-electron chi connectivity index (χ0n) is 10.8. The number of aliphatic hydroxyl groups is 4. The van der Waals surface area contributed by atoms with Crippen LogP contribution in [0.2, 0.25) is 0 Å². The summed E-state index contributed by atoms with van der Waals surface area (Å²) in [6, 6.07) is 0. The molecule has 8 heteroatoms. The number of hydrogen-bond donors (Lipinski definition) is 4. The van der Waals surface area contributed by atoms with E-state index < -0.39 is 37.3 Å². The lowest BCUT2D eigenvalue weighted by Gasteiger charge is -2.39. The van der Waals surface area contributed by atoms with Crippen LogP contribution >= 0.6 is 0 Å². The predicted molar refractivity (Wildman–Crippen MR) is 62.4 cm³/mol. The van der Waals surface area contributed by atoms with Gasteiger partial charge in [-0.25, -0.2) is 0 Å². The largest absolute Gasteiger partial charge is 0.394 e. The Morgan fingerprint density at radius 1 is 0.947 bits per heavy atom. The lowest BCUT2D eigenvalue weighted by molar-refractivity contribution is -0.302. The van der Waals surface area contributed by atoms with Crippen molar-refractivity contribution in [2.75, 3.05) is 40.1 Å². The molecule has 4 N–H and O–H groups in total. The van der Waals surface area contributed by atoms with Crippen LogP contribution in [0.1, 0.15) is 0 Å². The van der Waals surface area contributed by atoms with Gasteiger partial charge in [-0.3, -0.25) is 0 Å². The van der Waals surface area contributed by atoms with E-state index in [1.165, 1.54) is 0 Å². The molecule has 1 fully saturated rings. The Morgan fingerprint density at radius 2 is 1.63 bits per heavy atom. The first-order valence-corrected chi connectivity index (χ1v) is 6.10. The summed E-state index contributed by atoms with van der Waals surface area (Å²) in [5, 5.41) is 37.7. The molecular formula is C11H22O8. The maximum absolute atomic E-state index is 9.66. The minimum absolute atomic E-state index is 0.145. The molecule has 0 amide bonds. The van der Waals surface area contributed by atoms with Gasteiger partial charge in [-0.1, -0.05) is 0 Å². The molecule has 0 aliphatic carbocycles. The van der Waals surface area contributed by atoms with Crippen molar-refractivity contribution >= 4 is 0 Å². The fourth-order valence-corrected chi connectivity index (χ4v) is 1.67. The summed E-state index contributed by atoms with van der Waals surface area (Å²) in [6.07, 6.45) is -6.25. The summed E-state index contributed by atoms with van der Waals surface area (Å²) in [5.41, 5.74) is 0. The zero-order valence-corrected chi connectivity index (χ0v) is 10.8. The van der Waals surface area contributed by atoms with Gasteiger partial charge in [0.1, 0.15) is 24.4 Å². The quantitative estimate of drug-likeness (QED) is 0.360. The van der Waals surface area contributed by atoms with E-state index in [1.807, 2.05) is 0 Å². The van der Waals surface area contributed by atoms with Gasteiger partial charge in [0.05, 0.1) is 33.0 Å². The summed E-state index contributed by atoms with van der Waals surface area (Å²) in [5.74, 6) is 0. The first-order valence-electron chi connectivity index (χ1n) is 6.10. The fourth-order valence-electron chi connectivity index (χ4n) is 1.67. The van der Waals surface area contributed by atoms with E-state index >= 15 is 0 Å². The molecule has 0 radical (unpaired) electrons. The topological polar surface area (TPSA) is 118 Å². The van der Waals surface area contributed by atoms with Crippen LogP contribution in [0.5, 0.6) is 0 Å². The van der Waals surface area contributed by atoms with Crippen LogP contribution in [0.15, 0.2) is 0 Å². The van der Waals surface area contributed by atoms with Gasteiger partial charge in [0.2, 0.25) is 0 Å². The second-order valence-corrected chi connectivity index (χ2v) is 4.17. The van der Waals surface area contributed by atoms with Gasteiger partial charge in [0.15, 0.2) is 6.29 Å². The molecule has 0 spiro atoms. The lowest BCUT2D eigenvalue weighted by Crippen LogP contribution is -2.59. The van der Waals surface area contributed by atoms with Crippen molar-refractivity contribution in [3.8, 4) is 0 Å². The molecule has 0 bridgehead atoms. The second-order valence-electron chi connectivity index (χ2n) is 4.17. The first-order chi connectivity index (χ1) is 9.11. The molecular weight excluding hydrogens is 260 g/mol. The highest BCUT2D eigenvalue weighted by molar-refractivity contribution is 4.88. The molecule has 1 rings (SSSR count). The summed E-state index contributed by atoms with van der Waals surface area (Å²) < 4.78 is 20.3. The van der Waals surface area contributed by atoms with Crippen LogP contribution in [0, 0.1) is 0 Å². The Balaban J connectivity index is 2.28. The molecule has 0 saturated carbocycles. The van der Waals surface area contributed by atoms with E-state index in [0.717, 1.165) is 0 Å². The minimum Gasteiger partial charge on any atom is -0.394 e. The highest BCUT2D eigenvalue weighted by atomic mass is 16.7. The summed E-state index contributed by atoms with van der Waals surface area (Å²) >= 11 is 0. The monoisotopic (exact) mass is 282 g/mol. The van der Waals surface area contributed by atoms with Crippen LogP contribution in [0.3, 0.4) is 0 Å². The highest BCUT2D eigenvalue weighted by Crippen LogP contribution is 2.21. The number of ether oxygens (including phenoxy) is 4. The number of rotatable bonds is 8. The Kier molecular flexibility index (Phi) is 7.73. The molecule has 1 aliphatic heterocycles. The third-order valence-electron chi connectivity index (χ3n) is 2.79. The summed E-state index contributed by atoms with van der Waals surface area (Å²) in [4.78, 5) is 0. The molecule has 5 atom stereocenters. The van der Waals surface area contributed by atoms with Crippen molar-refractivity contribution in [3.05, 3.63) is 0 Å².